The van der Waals surface area contributed by atoms with E-state index in [1.807, 2.05) is 13.8 Å². The number of ether oxygens (including phenoxy) is 2. The predicted octanol–water partition coefficient (Wildman–Crippen LogP) is 3.80. The molecule has 0 bridgehead atoms. The van der Waals surface area contributed by atoms with E-state index in [9.17, 15) is 50.1 Å². The number of fused-ring (bicyclic) bond motifs is 4. The maximum absolute atomic E-state index is 13.6. The van der Waals surface area contributed by atoms with Crippen molar-refractivity contribution >= 4 is 22.7 Å². The van der Waals surface area contributed by atoms with Crippen LogP contribution in [-0.2, 0) is 19.1 Å². The molecule has 13 nitrogen and oxygen atoms in total. The van der Waals surface area contributed by atoms with E-state index in [1.54, 1.807) is 13.8 Å². The van der Waals surface area contributed by atoms with Gasteiger partial charge in [0.25, 0.3) is 0 Å². The molecule has 2 aliphatic carbocycles. The lowest BCUT2D eigenvalue weighted by Gasteiger charge is -2.71. The number of aliphatic hydroxyl groups excluding tert-OH is 2. The van der Waals surface area contributed by atoms with E-state index in [2.05, 4.69) is 6.58 Å². The lowest BCUT2D eigenvalue weighted by Crippen LogP contribution is -2.86. The maximum atomic E-state index is 13.6. The minimum atomic E-state index is -2.18. The van der Waals surface area contributed by atoms with Crippen molar-refractivity contribution in [3.8, 4) is 34.3 Å². The van der Waals surface area contributed by atoms with Gasteiger partial charge in [-0.05, 0) is 50.3 Å². The number of carbonyl (C=O) groups excluding carboxylic acids is 2. The molecule has 2 heterocycles. The number of esters is 1. The summed E-state index contributed by atoms with van der Waals surface area (Å²) in [5.74, 6) is -3.01. The monoisotopic (exact) mass is 696 g/mol. The van der Waals surface area contributed by atoms with Gasteiger partial charge in [-0.25, -0.2) is 0 Å². The van der Waals surface area contributed by atoms with Gasteiger partial charge in [0.1, 0.15) is 33.8 Å². The summed E-state index contributed by atoms with van der Waals surface area (Å²) in [7, 11) is 0. The van der Waals surface area contributed by atoms with Gasteiger partial charge in [0.05, 0.1) is 17.8 Å². The first kappa shape index (κ1) is 36.8. The molecule has 6 rings (SSSR count). The summed E-state index contributed by atoms with van der Waals surface area (Å²) >= 11 is 0. The highest BCUT2D eigenvalue weighted by Crippen LogP contribution is 2.67. The van der Waals surface area contributed by atoms with Crippen molar-refractivity contribution < 1.29 is 59.2 Å². The fraction of sp³-hybridized carbons (Fsp3) is 0.486. The molecule has 8 atom stereocenters. The lowest BCUT2D eigenvalue weighted by molar-refractivity contribution is -0.370. The molecule has 0 amide bonds. The van der Waals surface area contributed by atoms with Crippen LogP contribution >= 0.6 is 0 Å². The van der Waals surface area contributed by atoms with Crippen LogP contribution in [0.25, 0.3) is 22.3 Å². The summed E-state index contributed by atoms with van der Waals surface area (Å²) in [6, 6.07) is 7.37. The summed E-state index contributed by atoms with van der Waals surface area (Å²) in [4.78, 5) is 37.5. The summed E-state index contributed by atoms with van der Waals surface area (Å²) in [5.41, 5.74) is -7.11. The van der Waals surface area contributed by atoms with Gasteiger partial charge < -0.3 is 49.6 Å². The van der Waals surface area contributed by atoms with Crippen LogP contribution in [-0.4, -0.2) is 82.6 Å². The lowest BCUT2D eigenvalue weighted by atomic mass is 9.40. The van der Waals surface area contributed by atoms with E-state index in [4.69, 9.17) is 13.9 Å². The fourth-order valence-corrected chi connectivity index (χ4v) is 8.73. The molecule has 3 aromatic rings. The van der Waals surface area contributed by atoms with Crippen LogP contribution in [0.1, 0.15) is 60.8 Å². The topological polar surface area (TPSA) is 224 Å². The average molecular weight is 697 g/mol. The molecule has 1 saturated heterocycles. The predicted molar refractivity (Wildman–Crippen MR) is 179 cm³/mol. The minimum Gasteiger partial charge on any atom is -0.508 e. The number of aliphatic hydroxyl groups is 3. The van der Waals surface area contributed by atoms with E-state index in [1.165, 1.54) is 44.2 Å². The van der Waals surface area contributed by atoms with Gasteiger partial charge in [-0.15, -0.1) is 6.58 Å². The second kappa shape index (κ2) is 12.1. The van der Waals surface area contributed by atoms with Crippen molar-refractivity contribution in [2.45, 2.75) is 95.9 Å². The third-order valence-electron chi connectivity index (χ3n) is 11.1. The molecule has 3 fully saturated rings. The molecule has 0 unspecified atom stereocenters. The maximum Gasteiger partial charge on any atom is 0.303 e. The van der Waals surface area contributed by atoms with E-state index in [0.29, 0.717) is 18.4 Å². The number of hydrogen-bond donors (Lipinski definition) is 7. The van der Waals surface area contributed by atoms with Crippen LogP contribution in [0, 0.1) is 16.7 Å². The van der Waals surface area contributed by atoms with Crippen LogP contribution in [0.15, 0.2) is 58.3 Å². The zero-order valence-electron chi connectivity index (χ0n) is 28.8. The number of rotatable bonds is 3. The largest absolute Gasteiger partial charge is 0.508 e. The Hall–Kier alpha value is -4.43. The Kier molecular flexibility index (Phi) is 8.93. The second-order valence-electron chi connectivity index (χ2n) is 14.9. The Balaban J connectivity index is 0.000000204. The van der Waals surface area contributed by atoms with E-state index >= 15 is 0 Å². The highest BCUT2D eigenvalue weighted by molar-refractivity contribution is 5.92. The molecule has 2 aromatic carbocycles. The molecular formula is C37H44O13. The Morgan fingerprint density at radius 1 is 0.960 bits per heavy atom. The van der Waals surface area contributed by atoms with Crippen LogP contribution in [0.4, 0.5) is 0 Å². The Bertz CT molecular complexity index is 1930. The van der Waals surface area contributed by atoms with Crippen LogP contribution in [0.2, 0.25) is 0 Å². The molecule has 3 aliphatic rings. The van der Waals surface area contributed by atoms with Gasteiger partial charge in [-0.1, -0.05) is 26.8 Å². The molecule has 0 spiro atoms. The summed E-state index contributed by atoms with van der Waals surface area (Å²) in [5, 5.41) is 72.5. The molecule has 1 aliphatic heterocycles. The third-order valence-corrected chi connectivity index (χ3v) is 11.1. The van der Waals surface area contributed by atoms with Gasteiger partial charge in [-0.2, -0.15) is 0 Å². The van der Waals surface area contributed by atoms with Crippen molar-refractivity contribution in [2.75, 3.05) is 0 Å². The number of benzene rings is 2. The Morgan fingerprint density at radius 3 is 2.22 bits per heavy atom. The molecular weight excluding hydrogens is 652 g/mol. The van der Waals surface area contributed by atoms with Crippen molar-refractivity contribution in [3.05, 3.63) is 59.3 Å². The summed E-state index contributed by atoms with van der Waals surface area (Å²) < 4.78 is 17.2. The SMILES string of the molecule is C=C[C@@]1(C)CC(=O)[C@]2(O)[C@@]3(C)[C@@H](O)CCC(C)(C)[C@@H]3[C@H](O)[C@H](OC(C)=O)[C@@]2(C)O1.O=c1cc(-c2ccc(O)c(O)c2)oc2cc(O)cc(O)c12. The van der Waals surface area contributed by atoms with Crippen molar-refractivity contribution in [1.82, 2.24) is 0 Å². The number of ketones is 1. The molecule has 0 radical (unpaired) electrons. The van der Waals surface area contributed by atoms with Gasteiger partial charge in [0.15, 0.2) is 34.4 Å². The minimum absolute atomic E-state index is 0.0163. The number of hydrogen-bond acceptors (Lipinski definition) is 13. The van der Waals surface area contributed by atoms with Crippen molar-refractivity contribution in [3.63, 3.8) is 0 Å². The highest BCUT2D eigenvalue weighted by Gasteiger charge is 2.81. The molecule has 2 saturated carbocycles. The van der Waals surface area contributed by atoms with E-state index in [0.717, 1.165) is 12.1 Å². The Morgan fingerprint density at radius 2 is 1.62 bits per heavy atom. The van der Waals surface area contributed by atoms with Crippen LogP contribution < -0.4 is 5.43 Å². The molecule has 13 heteroatoms. The van der Waals surface area contributed by atoms with E-state index in [-0.39, 0.29) is 46.1 Å². The second-order valence-corrected chi connectivity index (χ2v) is 14.9. The zero-order chi connectivity index (χ0) is 37.4. The fourth-order valence-electron chi connectivity index (χ4n) is 8.73. The first-order valence-corrected chi connectivity index (χ1v) is 16.2. The van der Waals surface area contributed by atoms with Crippen molar-refractivity contribution in [1.29, 1.82) is 0 Å². The summed E-state index contributed by atoms with van der Waals surface area (Å²) in [6.45, 7) is 13.6. The molecule has 7 N–H and O–H groups in total. The average Bonchev–Trinajstić information content (AvgIpc) is 3.00. The number of Topliss-reactive ketones (excluding diaryl/α,β-unsaturated/α-hetero) is 1. The molecule has 1 aromatic heterocycles. The Labute approximate surface area is 288 Å². The highest BCUT2D eigenvalue weighted by atomic mass is 16.6. The molecule has 270 valence electrons. The van der Waals surface area contributed by atoms with Gasteiger partial charge in [0, 0.05) is 48.4 Å². The van der Waals surface area contributed by atoms with Gasteiger partial charge in [-0.3, -0.25) is 14.4 Å². The number of carbonyl (C=O) groups is 2. The van der Waals surface area contributed by atoms with Crippen LogP contribution in [0.5, 0.6) is 23.0 Å². The first-order chi connectivity index (χ1) is 23.1. The third kappa shape index (κ3) is 5.43. The quantitative estimate of drug-likeness (QED) is 0.118. The normalized spacial score (nSPS) is 34.5. The van der Waals surface area contributed by atoms with Crippen molar-refractivity contribution in [2.24, 2.45) is 16.7 Å². The van der Waals surface area contributed by atoms with E-state index < -0.39 is 69.0 Å². The number of phenolic OH excluding ortho intramolecular Hbond substituents is 4. The van der Waals surface area contributed by atoms with Crippen LogP contribution in [0.3, 0.4) is 0 Å². The zero-order valence-corrected chi connectivity index (χ0v) is 28.8. The summed E-state index contributed by atoms with van der Waals surface area (Å²) in [6.07, 6.45) is -1.29. The van der Waals surface area contributed by atoms with Gasteiger partial charge >= 0.3 is 5.97 Å². The number of phenols is 4. The van der Waals surface area contributed by atoms with Gasteiger partial charge in [0.2, 0.25) is 0 Å². The first-order valence-electron chi connectivity index (χ1n) is 16.2. The standard InChI is InChI=1S/C22H34O7.C15H10O6/c1-8-19(5)11-14(25)22(27)20(6)13(24)9-10-18(3,4)16(20)15(26)17(28-12(2)23)21(22,7)29-19;16-8-4-11(19)15-12(20)6-13(21-14(15)5-8)7-1-2-9(17)10(18)3-7/h8,13,15-17,24,26-27H,1,9-11H2,2-7H3;1-6,16-19H/t13-,15-,16-,17-,19-,20-,21+,22-;/m0./s1. The molecule has 50 heavy (non-hydrogen) atoms. The smallest absolute Gasteiger partial charge is 0.303 e. The number of aromatic hydroxyl groups is 4.